The highest BCUT2D eigenvalue weighted by molar-refractivity contribution is 7.54. The van der Waals surface area contributed by atoms with Crippen molar-refractivity contribution in [2.24, 2.45) is 0 Å². The van der Waals surface area contributed by atoms with Crippen LogP contribution in [-0.4, -0.2) is 13.2 Å². The summed E-state index contributed by atoms with van der Waals surface area (Å²) in [6.45, 7) is 5.30. The number of halogens is 1. The Balaban J connectivity index is 2.29. The molecular weight excluding hydrogens is 369 g/mol. The molecule has 4 nitrogen and oxygen atoms in total. The number of nitrogens with one attached hydrogen (secondary N) is 1. The van der Waals surface area contributed by atoms with Crippen molar-refractivity contribution in [3.8, 4) is 0 Å². The minimum atomic E-state index is -3.39. The molecule has 0 fully saturated rings. The van der Waals surface area contributed by atoms with E-state index in [4.69, 9.17) is 20.6 Å². The van der Waals surface area contributed by atoms with Crippen LogP contribution < -0.4 is 5.32 Å². The average molecular weight is 396 g/mol. The van der Waals surface area contributed by atoms with Crippen molar-refractivity contribution in [1.29, 1.82) is 0 Å². The molecule has 0 aliphatic heterocycles. The van der Waals surface area contributed by atoms with Gasteiger partial charge in [0, 0.05) is 11.6 Å². The van der Waals surface area contributed by atoms with Gasteiger partial charge in [0.1, 0.15) is 5.78 Å². The molecule has 0 amide bonds. The van der Waals surface area contributed by atoms with Gasteiger partial charge in [-0.2, -0.15) is 0 Å². The Hall–Kier alpha value is -1.16. The van der Waals surface area contributed by atoms with Crippen LogP contribution in [0.2, 0.25) is 5.02 Å². The Bertz CT molecular complexity index is 682. The van der Waals surface area contributed by atoms with Gasteiger partial charge in [0.15, 0.2) is 0 Å². The van der Waals surface area contributed by atoms with Crippen molar-refractivity contribution in [2.75, 3.05) is 13.2 Å². The normalized spacial score (nSPS) is 12.9. The summed E-state index contributed by atoms with van der Waals surface area (Å²) in [6.07, 6.45) is 1.54. The molecule has 0 spiro atoms. The molecule has 0 aromatic heterocycles. The van der Waals surface area contributed by atoms with E-state index in [9.17, 15) is 4.57 Å². The molecule has 1 unspecified atom stereocenters. The van der Waals surface area contributed by atoms with Gasteiger partial charge in [-0.25, -0.2) is 0 Å². The van der Waals surface area contributed by atoms with Crippen LogP contribution in [0.3, 0.4) is 0 Å². The fraction of sp³-hybridized carbons (Fsp3) is 0.400. The molecule has 1 atom stereocenters. The van der Waals surface area contributed by atoms with Gasteiger partial charge in [0.2, 0.25) is 0 Å². The third kappa shape index (κ3) is 6.22. The summed E-state index contributed by atoms with van der Waals surface area (Å²) in [5.41, 5.74) is 1.94. The van der Waals surface area contributed by atoms with E-state index in [-0.39, 0.29) is 0 Å². The van der Waals surface area contributed by atoms with E-state index in [2.05, 4.69) is 5.32 Å². The molecule has 0 aliphatic rings. The van der Waals surface area contributed by atoms with Crippen molar-refractivity contribution in [2.45, 2.75) is 39.0 Å². The molecule has 2 rings (SSSR count). The maximum absolute atomic E-state index is 13.6. The summed E-state index contributed by atoms with van der Waals surface area (Å²) in [4.78, 5) is 0. The molecule has 0 saturated heterocycles. The Morgan fingerprint density at radius 2 is 1.54 bits per heavy atom. The number of hydrogen-bond acceptors (Lipinski definition) is 4. The first-order valence-electron chi connectivity index (χ1n) is 9.00. The third-order valence-electron chi connectivity index (χ3n) is 3.80. The number of rotatable bonds is 11. The maximum Gasteiger partial charge on any atom is 0.351 e. The number of benzene rings is 2. The summed E-state index contributed by atoms with van der Waals surface area (Å²) in [7, 11) is -3.39. The first-order valence-corrected chi connectivity index (χ1v) is 11.0. The Kier molecular flexibility index (Phi) is 8.83. The Morgan fingerprint density at radius 3 is 2.08 bits per heavy atom. The lowest BCUT2D eigenvalue weighted by Crippen LogP contribution is -2.23. The Morgan fingerprint density at radius 1 is 0.962 bits per heavy atom. The summed E-state index contributed by atoms with van der Waals surface area (Å²) in [5.74, 6) is -0.557. The molecule has 142 valence electrons. The van der Waals surface area contributed by atoms with Crippen LogP contribution >= 0.6 is 19.2 Å². The fourth-order valence-electron chi connectivity index (χ4n) is 2.49. The summed E-state index contributed by atoms with van der Waals surface area (Å²) >= 11 is 6.02. The van der Waals surface area contributed by atoms with Crippen molar-refractivity contribution in [3.63, 3.8) is 0 Å². The minimum Gasteiger partial charge on any atom is -0.307 e. The molecular formula is C20H27ClNO3P. The van der Waals surface area contributed by atoms with Crippen LogP contribution in [0.25, 0.3) is 0 Å². The first kappa shape index (κ1) is 21.1. The van der Waals surface area contributed by atoms with E-state index < -0.39 is 13.4 Å². The molecule has 26 heavy (non-hydrogen) atoms. The van der Waals surface area contributed by atoms with E-state index in [1.165, 1.54) is 0 Å². The quantitative estimate of drug-likeness (QED) is 0.462. The zero-order valence-corrected chi connectivity index (χ0v) is 17.0. The molecule has 0 bridgehead atoms. The number of hydrogen-bond donors (Lipinski definition) is 1. The topological polar surface area (TPSA) is 47.6 Å². The van der Waals surface area contributed by atoms with Gasteiger partial charge in [-0.1, -0.05) is 67.9 Å². The molecule has 1 N–H and O–H groups in total. The van der Waals surface area contributed by atoms with Crippen LogP contribution in [-0.2, 0) is 20.2 Å². The second-order valence-electron chi connectivity index (χ2n) is 6.03. The second kappa shape index (κ2) is 10.9. The molecule has 2 aromatic rings. The average Bonchev–Trinajstić information content (AvgIpc) is 2.67. The summed E-state index contributed by atoms with van der Waals surface area (Å²) < 4.78 is 25.1. The van der Waals surface area contributed by atoms with Crippen LogP contribution in [0.1, 0.15) is 43.6 Å². The van der Waals surface area contributed by atoms with Crippen molar-refractivity contribution in [3.05, 3.63) is 70.7 Å². The lowest BCUT2D eigenvalue weighted by Gasteiger charge is -2.28. The predicted octanol–water partition coefficient (Wildman–Crippen LogP) is 6.17. The third-order valence-corrected chi connectivity index (χ3v) is 6.25. The molecule has 0 radical (unpaired) electrons. The van der Waals surface area contributed by atoms with Gasteiger partial charge in [0.25, 0.3) is 0 Å². The van der Waals surface area contributed by atoms with E-state index in [0.29, 0.717) is 24.8 Å². The van der Waals surface area contributed by atoms with Gasteiger partial charge in [-0.15, -0.1) is 0 Å². The zero-order chi connectivity index (χ0) is 18.8. The van der Waals surface area contributed by atoms with Crippen LogP contribution in [0.5, 0.6) is 0 Å². The Labute approximate surface area is 161 Å². The van der Waals surface area contributed by atoms with Gasteiger partial charge in [-0.05, 0) is 36.1 Å². The van der Waals surface area contributed by atoms with Crippen molar-refractivity contribution in [1.82, 2.24) is 5.32 Å². The monoisotopic (exact) mass is 395 g/mol. The molecule has 0 aliphatic carbocycles. The SMILES string of the molecule is CCCOP(=O)(OCCC)C(NCc1ccccc1)c1ccc(Cl)cc1. The highest BCUT2D eigenvalue weighted by Crippen LogP contribution is 2.60. The minimum absolute atomic E-state index is 0.387. The summed E-state index contributed by atoms with van der Waals surface area (Å²) in [5, 5.41) is 4.01. The van der Waals surface area contributed by atoms with Gasteiger partial charge in [0.05, 0.1) is 13.2 Å². The van der Waals surface area contributed by atoms with E-state index in [0.717, 1.165) is 24.0 Å². The van der Waals surface area contributed by atoms with E-state index >= 15 is 0 Å². The highest BCUT2D eigenvalue weighted by atomic mass is 35.5. The van der Waals surface area contributed by atoms with Gasteiger partial charge in [-0.3, -0.25) is 9.88 Å². The maximum atomic E-state index is 13.6. The largest absolute Gasteiger partial charge is 0.351 e. The van der Waals surface area contributed by atoms with Gasteiger partial charge >= 0.3 is 7.60 Å². The molecule has 0 saturated carbocycles. The lowest BCUT2D eigenvalue weighted by molar-refractivity contribution is 0.192. The lowest BCUT2D eigenvalue weighted by atomic mass is 10.2. The van der Waals surface area contributed by atoms with Crippen molar-refractivity contribution >= 4 is 19.2 Å². The van der Waals surface area contributed by atoms with Crippen LogP contribution in [0.15, 0.2) is 54.6 Å². The fourth-order valence-corrected chi connectivity index (χ4v) is 4.72. The van der Waals surface area contributed by atoms with Crippen molar-refractivity contribution < 1.29 is 13.6 Å². The highest BCUT2D eigenvalue weighted by Gasteiger charge is 2.37. The molecule has 6 heteroatoms. The zero-order valence-electron chi connectivity index (χ0n) is 15.4. The van der Waals surface area contributed by atoms with Crippen LogP contribution in [0, 0.1) is 0 Å². The van der Waals surface area contributed by atoms with Crippen LogP contribution in [0.4, 0.5) is 0 Å². The predicted molar refractivity (Wildman–Crippen MR) is 108 cm³/mol. The first-order chi connectivity index (χ1) is 12.6. The van der Waals surface area contributed by atoms with E-state index in [1.54, 1.807) is 12.1 Å². The summed E-state index contributed by atoms with van der Waals surface area (Å²) in [6, 6.07) is 17.3. The standard InChI is InChI=1S/C20H27ClNO3P/c1-3-14-24-26(23,25-15-4-2)20(18-10-12-19(21)13-11-18)22-16-17-8-6-5-7-9-17/h5-13,20,22H,3-4,14-16H2,1-2H3. The van der Waals surface area contributed by atoms with E-state index in [1.807, 2.05) is 56.3 Å². The molecule has 2 aromatic carbocycles. The van der Waals surface area contributed by atoms with Gasteiger partial charge < -0.3 is 9.05 Å². The molecule has 0 heterocycles. The second-order valence-corrected chi connectivity index (χ2v) is 8.58. The smallest absolute Gasteiger partial charge is 0.307 e.